The van der Waals surface area contributed by atoms with Crippen LogP contribution >= 0.6 is 0 Å². The average molecular weight is 335 g/mol. The Morgan fingerprint density at radius 3 is 2.84 bits per heavy atom. The first kappa shape index (κ1) is 15.2. The Hall–Kier alpha value is -3.35. The minimum absolute atomic E-state index is 0.260. The van der Waals surface area contributed by atoms with Gasteiger partial charge < -0.3 is 10.1 Å². The summed E-state index contributed by atoms with van der Waals surface area (Å²) in [6.45, 7) is 2.41. The lowest BCUT2D eigenvalue weighted by atomic mass is 10.1. The van der Waals surface area contributed by atoms with Crippen molar-refractivity contribution in [1.82, 2.24) is 19.5 Å². The van der Waals surface area contributed by atoms with Crippen LogP contribution in [0.4, 0.5) is 5.69 Å². The predicted molar refractivity (Wildman–Crippen MR) is 97.7 cm³/mol. The number of ether oxygens (including phenoxy) is 1. The largest absolute Gasteiger partial charge is 0.491 e. The summed E-state index contributed by atoms with van der Waals surface area (Å²) in [6, 6.07) is 9.36. The van der Waals surface area contributed by atoms with Gasteiger partial charge in [-0.1, -0.05) is 0 Å². The predicted octanol–water partition coefficient (Wildman–Crippen LogP) is 2.70. The van der Waals surface area contributed by atoms with Crippen molar-refractivity contribution in [2.24, 2.45) is 0 Å². The van der Waals surface area contributed by atoms with Gasteiger partial charge in [0.15, 0.2) is 5.65 Å². The Morgan fingerprint density at radius 2 is 2.04 bits per heavy atom. The lowest BCUT2D eigenvalue weighted by molar-refractivity contribution is 0.343. The molecule has 25 heavy (non-hydrogen) atoms. The van der Waals surface area contributed by atoms with E-state index in [1.807, 2.05) is 38.2 Å². The molecule has 0 amide bonds. The highest BCUT2D eigenvalue weighted by molar-refractivity contribution is 5.93. The molecule has 0 spiro atoms. The van der Waals surface area contributed by atoms with E-state index in [0.717, 1.165) is 22.3 Å². The number of rotatable bonds is 4. The van der Waals surface area contributed by atoms with Crippen molar-refractivity contribution >= 4 is 27.8 Å². The van der Waals surface area contributed by atoms with Gasteiger partial charge in [-0.05, 0) is 31.2 Å². The van der Waals surface area contributed by atoms with E-state index in [-0.39, 0.29) is 5.69 Å². The van der Waals surface area contributed by atoms with E-state index in [2.05, 4.69) is 20.3 Å². The molecule has 0 aliphatic carbocycles. The van der Waals surface area contributed by atoms with Crippen molar-refractivity contribution in [3.05, 3.63) is 53.2 Å². The molecule has 0 unspecified atom stereocenters. The zero-order valence-electron chi connectivity index (χ0n) is 13.9. The second kappa shape index (κ2) is 5.94. The van der Waals surface area contributed by atoms with E-state index < -0.39 is 0 Å². The van der Waals surface area contributed by atoms with Gasteiger partial charge in [-0.25, -0.2) is 9.78 Å². The van der Waals surface area contributed by atoms with Crippen molar-refractivity contribution in [2.75, 3.05) is 19.0 Å². The Morgan fingerprint density at radius 1 is 1.20 bits per heavy atom. The average Bonchev–Trinajstić information content (AvgIpc) is 2.98. The highest BCUT2D eigenvalue weighted by Crippen LogP contribution is 2.28. The maximum absolute atomic E-state index is 12.6. The number of aromatic nitrogens is 4. The van der Waals surface area contributed by atoms with Crippen LogP contribution in [0.5, 0.6) is 5.75 Å². The third-order valence-corrected chi connectivity index (χ3v) is 4.09. The number of H-pyrrole nitrogens is 1. The Kier molecular flexibility index (Phi) is 3.61. The molecule has 7 heteroatoms. The summed E-state index contributed by atoms with van der Waals surface area (Å²) in [5.74, 6) is 0.617. The molecule has 0 radical (unpaired) electrons. The number of imidazole rings is 1. The fourth-order valence-corrected chi connectivity index (χ4v) is 3.01. The molecule has 4 rings (SSSR count). The molecular formula is C18H17N5O2. The molecule has 0 aliphatic heterocycles. The van der Waals surface area contributed by atoms with E-state index in [9.17, 15) is 4.79 Å². The summed E-state index contributed by atoms with van der Waals surface area (Å²) in [5.41, 5.74) is 3.39. The number of benzene rings is 1. The van der Waals surface area contributed by atoms with Gasteiger partial charge in [0, 0.05) is 36.6 Å². The first-order chi connectivity index (χ1) is 12.2. The molecule has 3 heterocycles. The first-order valence-corrected chi connectivity index (χ1v) is 8.02. The summed E-state index contributed by atoms with van der Waals surface area (Å²) in [7, 11) is 1.86. The second-order valence-electron chi connectivity index (χ2n) is 5.51. The Balaban J connectivity index is 2.03. The van der Waals surface area contributed by atoms with Gasteiger partial charge in [0.2, 0.25) is 0 Å². The van der Waals surface area contributed by atoms with Gasteiger partial charge in [0.25, 0.3) is 0 Å². The van der Waals surface area contributed by atoms with Gasteiger partial charge in [-0.3, -0.25) is 14.5 Å². The topological polar surface area (TPSA) is 84.8 Å². The molecule has 0 fully saturated rings. The molecule has 0 saturated carbocycles. The molecular weight excluding hydrogens is 318 g/mol. The van der Waals surface area contributed by atoms with Crippen molar-refractivity contribution in [3.8, 4) is 11.4 Å². The molecule has 7 nitrogen and oxygen atoms in total. The van der Waals surface area contributed by atoms with Gasteiger partial charge in [-0.2, -0.15) is 0 Å². The highest BCUT2D eigenvalue weighted by Gasteiger charge is 2.15. The van der Waals surface area contributed by atoms with Crippen LogP contribution in [-0.4, -0.2) is 33.2 Å². The van der Waals surface area contributed by atoms with Gasteiger partial charge in [0.1, 0.15) is 11.3 Å². The number of fused-ring (bicyclic) bond motifs is 2. The summed E-state index contributed by atoms with van der Waals surface area (Å²) in [5, 5.41) is 4.09. The normalized spacial score (nSPS) is 11.1. The number of anilines is 1. The zero-order chi connectivity index (χ0) is 17.4. The molecule has 1 aromatic carbocycles. The van der Waals surface area contributed by atoms with Crippen LogP contribution in [0.3, 0.4) is 0 Å². The summed E-state index contributed by atoms with van der Waals surface area (Å²) >= 11 is 0. The number of nitrogens with zero attached hydrogens (tertiary/aromatic N) is 3. The fraction of sp³-hybridized carbons (Fsp3) is 0.167. The third-order valence-electron chi connectivity index (χ3n) is 4.09. The van der Waals surface area contributed by atoms with Crippen LogP contribution in [0.1, 0.15) is 6.92 Å². The minimum Gasteiger partial charge on any atom is -0.491 e. The third kappa shape index (κ3) is 2.40. The van der Waals surface area contributed by atoms with Crippen LogP contribution in [-0.2, 0) is 0 Å². The number of hydrogen-bond acceptors (Lipinski definition) is 5. The van der Waals surface area contributed by atoms with Crippen LogP contribution in [0.2, 0.25) is 0 Å². The second-order valence-corrected chi connectivity index (χ2v) is 5.51. The lowest BCUT2D eigenvalue weighted by Crippen LogP contribution is -2.15. The van der Waals surface area contributed by atoms with E-state index in [4.69, 9.17) is 4.74 Å². The first-order valence-electron chi connectivity index (χ1n) is 8.02. The van der Waals surface area contributed by atoms with Gasteiger partial charge >= 0.3 is 5.69 Å². The number of aromatic amines is 1. The minimum atomic E-state index is -0.260. The van der Waals surface area contributed by atoms with E-state index in [1.165, 1.54) is 0 Å². The van der Waals surface area contributed by atoms with Gasteiger partial charge in [0.05, 0.1) is 17.8 Å². The van der Waals surface area contributed by atoms with E-state index in [0.29, 0.717) is 23.5 Å². The van der Waals surface area contributed by atoms with Crippen LogP contribution in [0.25, 0.3) is 27.8 Å². The number of pyridine rings is 2. The maximum atomic E-state index is 12.6. The number of hydrogen-bond donors (Lipinski definition) is 2. The van der Waals surface area contributed by atoms with Gasteiger partial charge in [-0.15, -0.1) is 0 Å². The highest BCUT2D eigenvalue weighted by atomic mass is 16.5. The molecule has 4 aromatic rings. The van der Waals surface area contributed by atoms with Crippen molar-refractivity contribution in [3.63, 3.8) is 0 Å². The van der Waals surface area contributed by atoms with Crippen LogP contribution in [0, 0.1) is 0 Å². The summed E-state index contributed by atoms with van der Waals surface area (Å²) in [6.07, 6.45) is 3.37. The van der Waals surface area contributed by atoms with E-state index in [1.54, 1.807) is 23.0 Å². The van der Waals surface area contributed by atoms with Crippen molar-refractivity contribution in [1.29, 1.82) is 0 Å². The summed E-state index contributed by atoms with van der Waals surface area (Å²) in [4.78, 5) is 24.0. The molecule has 0 saturated heterocycles. The molecule has 3 aromatic heterocycles. The smallest absolute Gasteiger partial charge is 0.332 e. The van der Waals surface area contributed by atoms with Crippen LogP contribution in [0.15, 0.2) is 47.5 Å². The Labute approximate surface area is 143 Å². The molecule has 0 atom stereocenters. The standard InChI is InChI=1S/C18H17N5O2/c1-3-25-15-7-9-21-17-16(15)23(18(24)22-17)11-4-5-14-12(10-11)13(19-2)6-8-20-14/h4-10H,3H2,1-2H3,(H,19,20)(H,21,22,24). The molecule has 0 bridgehead atoms. The SMILES string of the molecule is CCOc1ccnc2[nH]c(=O)n(-c3ccc4nccc(NC)c4c3)c12. The maximum Gasteiger partial charge on any atom is 0.332 e. The zero-order valence-corrected chi connectivity index (χ0v) is 13.9. The lowest BCUT2D eigenvalue weighted by Gasteiger charge is -2.10. The van der Waals surface area contributed by atoms with Crippen molar-refractivity contribution < 1.29 is 4.74 Å². The Bertz CT molecular complexity index is 1130. The van der Waals surface area contributed by atoms with Crippen LogP contribution < -0.4 is 15.7 Å². The van der Waals surface area contributed by atoms with Crippen molar-refractivity contribution in [2.45, 2.75) is 6.92 Å². The monoisotopic (exact) mass is 335 g/mol. The number of nitrogens with one attached hydrogen (secondary N) is 2. The summed E-state index contributed by atoms with van der Waals surface area (Å²) < 4.78 is 7.27. The quantitative estimate of drug-likeness (QED) is 0.599. The molecule has 0 aliphatic rings. The molecule has 126 valence electrons. The molecule has 2 N–H and O–H groups in total. The fourth-order valence-electron chi connectivity index (χ4n) is 3.01. The van der Waals surface area contributed by atoms with E-state index >= 15 is 0 Å².